The van der Waals surface area contributed by atoms with Crippen molar-refractivity contribution in [3.63, 3.8) is 0 Å². The fourth-order valence-corrected chi connectivity index (χ4v) is 2.87. The first-order valence-corrected chi connectivity index (χ1v) is 7.31. The van der Waals surface area contributed by atoms with E-state index in [0.717, 1.165) is 12.1 Å². The molecule has 1 saturated heterocycles. The summed E-state index contributed by atoms with van der Waals surface area (Å²) in [6, 6.07) is 0.909. The number of alkyl halides is 3. The minimum Gasteiger partial charge on any atom is -0.314 e. The Kier molecular flexibility index (Phi) is 9.83. The fourth-order valence-electron chi connectivity index (χ4n) is 2.68. The second-order valence-electron chi connectivity index (χ2n) is 5.24. The van der Waals surface area contributed by atoms with Gasteiger partial charge in [-0.25, -0.2) is 8.78 Å². The summed E-state index contributed by atoms with van der Waals surface area (Å²) in [5.74, 6) is -1.81. The lowest BCUT2D eigenvalue weighted by Crippen LogP contribution is -2.45. The topological polar surface area (TPSA) is 15.3 Å². The van der Waals surface area contributed by atoms with Gasteiger partial charge in [0.25, 0.3) is 0 Å². The van der Waals surface area contributed by atoms with Gasteiger partial charge in [0.05, 0.1) is 0 Å². The molecule has 0 spiro atoms. The molecule has 140 valence electrons. The first-order valence-electron chi connectivity index (χ1n) is 6.94. The molecule has 0 bridgehead atoms. The maximum Gasteiger partial charge on any atom is 0.389 e. The third kappa shape index (κ3) is 6.52. The third-order valence-electron chi connectivity index (χ3n) is 3.67. The van der Waals surface area contributed by atoms with Gasteiger partial charge in [-0.3, -0.25) is 4.90 Å². The van der Waals surface area contributed by atoms with Crippen LogP contribution < -0.4 is 5.32 Å². The van der Waals surface area contributed by atoms with Crippen LogP contribution in [0.4, 0.5) is 22.0 Å². The number of halogens is 8. The highest BCUT2D eigenvalue weighted by atomic mass is 35.5. The molecule has 0 aromatic heterocycles. The number of benzene rings is 1. The van der Waals surface area contributed by atoms with Gasteiger partial charge in [0.15, 0.2) is 0 Å². The second kappa shape index (κ2) is 9.97. The summed E-state index contributed by atoms with van der Waals surface area (Å²) < 4.78 is 65.8. The molecule has 2 rings (SSSR count). The Morgan fingerprint density at radius 2 is 1.58 bits per heavy atom. The molecule has 1 atom stereocenters. The normalized spacial score (nSPS) is 16.9. The molecular weight excluding hydrogens is 398 g/mol. The molecule has 1 N–H and O–H groups in total. The molecule has 24 heavy (non-hydrogen) atoms. The number of hydrogen-bond acceptors (Lipinski definition) is 2. The molecule has 0 unspecified atom stereocenters. The van der Waals surface area contributed by atoms with Crippen molar-refractivity contribution in [3.05, 3.63) is 34.4 Å². The molecule has 1 aromatic rings. The molecule has 0 radical (unpaired) electrons. The van der Waals surface area contributed by atoms with Crippen LogP contribution in [0.1, 0.15) is 24.4 Å². The highest BCUT2D eigenvalue weighted by Gasteiger charge is 2.33. The predicted molar refractivity (Wildman–Crippen MR) is 88.3 cm³/mol. The van der Waals surface area contributed by atoms with Gasteiger partial charge in [-0.2, -0.15) is 13.2 Å². The summed E-state index contributed by atoms with van der Waals surface area (Å²) in [7, 11) is 0. The van der Waals surface area contributed by atoms with Crippen LogP contribution in [0.25, 0.3) is 0 Å². The molecule has 0 aliphatic carbocycles. The Morgan fingerprint density at radius 3 is 2.04 bits per heavy atom. The smallest absolute Gasteiger partial charge is 0.314 e. The molecular formula is C14H18Cl3F5N2. The monoisotopic (exact) mass is 414 g/mol. The van der Waals surface area contributed by atoms with Gasteiger partial charge in [0.2, 0.25) is 0 Å². The van der Waals surface area contributed by atoms with Crippen molar-refractivity contribution in [1.82, 2.24) is 10.2 Å². The van der Waals surface area contributed by atoms with Crippen molar-refractivity contribution in [2.75, 3.05) is 26.2 Å². The Labute approximate surface area is 154 Å². The average Bonchev–Trinajstić information content (AvgIpc) is 2.41. The van der Waals surface area contributed by atoms with Crippen LogP contribution in [0.3, 0.4) is 0 Å². The van der Waals surface area contributed by atoms with Crippen molar-refractivity contribution in [2.45, 2.75) is 25.1 Å². The zero-order chi connectivity index (χ0) is 16.3. The zero-order valence-electron chi connectivity index (χ0n) is 12.5. The highest BCUT2D eigenvalue weighted by molar-refractivity contribution is 6.30. The fraction of sp³-hybridized carbons (Fsp3) is 0.571. The SMILES string of the molecule is Cl.Cl.Fc1cc(Cl)cc(F)c1[C@@H](CCC(F)(F)F)N1CCNCC1. The van der Waals surface area contributed by atoms with Gasteiger partial charge < -0.3 is 5.32 Å². The van der Waals surface area contributed by atoms with Crippen molar-refractivity contribution in [1.29, 1.82) is 0 Å². The van der Waals surface area contributed by atoms with Crippen LogP contribution >= 0.6 is 36.4 Å². The van der Waals surface area contributed by atoms with E-state index < -0.39 is 30.3 Å². The predicted octanol–water partition coefficient (Wildman–Crippen LogP) is 4.75. The maximum absolute atomic E-state index is 14.1. The Morgan fingerprint density at radius 1 is 1.08 bits per heavy atom. The van der Waals surface area contributed by atoms with Crippen LogP contribution in [-0.2, 0) is 0 Å². The first-order chi connectivity index (χ1) is 10.3. The lowest BCUT2D eigenvalue weighted by molar-refractivity contribution is -0.138. The van der Waals surface area contributed by atoms with Gasteiger partial charge >= 0.3 is 6.18 Å². The van der Waals surface area contributed by atoms with E-state index in [1.165, 1.54) is 0 Å². The molecule has 10 heteroatoms. The quantitative estimate of drug-likeness (QED) is 0.714. The lowest BCUT2D eigenvalue weighted by atomic mass is 9.98. The van der Waals surface area contributed by atoms with E-state index in [1.807, 2.05) is 0 Å². The number of piperazine rings is 1. The maximum atomic E-state index is 14.1. The van der Waals surface area contributed by atoms with Crippen LogP contribution in [0.2, 0.25) is 5.02 Å². The number of nitrogens with zero attached hydrogens (tertiary/aromatic N) is 1. The van der Waals surface area contributed by atoms with E-state index in [-0.39, 0.29) is 41.8 Å². The Hall–Kier alpha value is -0.340. The van der Waals surface area contributed by atoms with E-state index in [2.05, 4.69) is 5.32 Å². The van der Waals surface area contributed by atoms with E-state index in [4.69, 9.17) is 11.6 Å². The van der Waals surface area contributed by atoms with Crippen LogP contribution in [-0.4, -0.2) is 37.3 Å². The summed E-state index contributed by atoms with van der Waals surface area (Å²) in [6.07, 6.45) is -5.85. The number of rotatable bonds is 4. The highest BCUT2D eigenvalue weighted by Crippen LogP contribution is 2.35. The van der Waals surface area contributed by atoms with Gasteiger partial charge in [0, 0.05) is 49.2 Å². The third-order valence-corrected chi connectivity index (χ3v) is 3.89. The van der Waals surface area contributed by atoms with Gasteiger partial charge in [-0.1, -0.05) is 11.6 Å². The summed E-state index contributed by atoms with van der Waals surface area (Å²) in [5, 5.41) is 2.94. The second-order valence-corrected chi connectivity index (χ2v) is 5.68. The van der Waals surface area contributed by atoms with Crippen molar-refractivity contribution in [3.8, 4) is 0 Å². The molecule has 0 saturated carbocycles. The van der Waals surface area contributed by atoms with Gasteiger partial charge in [-0.15, -0.1) is 24.8 Å². The largest absolute Gasteiger partial charge is 0.389 e. The Bertz CT molecular complexity index is 499. The van der Waals surface area contributed by atoms with E-state index >= 15 is 0 Å². The van der Waals surface area contributed by atoms with E-state index in [9.17, 15) is 22.0 Å². The molecule has 2 nitrogen and oxygen atoms in total. The van der Waals surface area contributed by atoms with Gasteiger partial charge in [-0.05, 0) is 18.6 Å². The molecule has 1 heterocycles. The molecule has 1 aliphatic heterocycles. The van der Waals surface area contributed by atoms with Crippen LogP contribution in [0.5, 0.6) is 0 Å². The summed E-state index contributed by atoms with van der Waals surface area (Å²) in [4.78, 5) is 1.68. The summed E-state index contributed by atoms with van der Waals surface area (Å²) >= 11 is 5.58. The van der Waals surface area contributed by atoms with Crippen molar-refractivity contribution < 1.29 is 22.0 Å². The van der Waals surface area contributed by atoms with Crippen LogP contribution in [0.15, 0.2) is 12.1 Å². The average molecular weight is 416 g/mol. The van der Waals surface area contributed by atoms with Crippen LogP contribution in [0, 0.1) is 11.6 Å². The first kappa shape index (κ1) is 23.7. The summed E-state index contributed by atoms with van der Waals surface area (Å²) in [5.41, 5.74) is -0.337. The Balaban J connectivity index is 0.00000264. The minimum absolute atomic E-state index is 0. The minimum atomic E-state index is -4.37. The zero-order valence-corrected chi connectivity index (χ0v) is 14.9. The summed E-state index contributed by atoms with van der Waals surface area (Å²) in [6.45, 7) is 2.01. The molecule has 1 aromatic carbocycles. The van der Waals surface area contributed by atoms with Gasteiger partial charge in [0.1, 0.15) is 11.6 Å². The van der Waals surface area contributed by atoms with E-state index in [0.29, 0.717) is 26.2 Å². The standard InChI is InChI=1S/C14H16ClF5N2.2ClH/c15-9-7-10(16)13(11(17)8-9)12(1-2-14(18,19)20)22-5-3-21-4-6-22;;/h7-8,12,21H,1-6H2;2*1H/t12-;;/m1../s1. The van der Waals surface area contributed by atoms with E-state index in [1.54, 1.807) is 4.90 Å². The molecule has 1 aliphatic rings. The van der Waals surface area contributed by atoms with Crippen molar-refractivity contribution in [2.24, 2.45) is 0 Å². The lowest BCUT2D eigenvalue weighted by Gasteiger charge is -2.35. The molecule has 1 fully saturated rings. The number of hydrogen-bond donors (Lipinski definition) is 1. The van der Waals surface area contributed by atoms with Crippen molar-refractivity contribution >= 4 is 36.4 Å². The molecule has 0 amide bonds. The number of nitrogens with one attached hydrogen (secondary N) is 1.